The maximum atomic E-state index is 11.4. The van der Waals surface area contributed by atoms with Crippen LogP contribution in [0.25, 0.3) is 10.9 Å². The van der Waals surface area contributed by atoms with Gasteiger partial charge in [0.1, 0.15) is 5.75 Å². The van der Waals surface area contributed by atoms with Gasteiger partial charge in [-0.3, -0.25) is 0 Å². The zero-order valence-corrected chi connectivity index (χ0v) is 10.4. The number of nitrogens with zero attached hydrogens (tertiary/aromatic N) is 1. The third kappa shape index (κ3) is 1.78. The number of fused-ring (bicyclic) bond motifs is 1. The van der Waals surface area contributed by atoms with E-state index in [2.05, 4.69) is 9.97 Å². The molecule has 3 rings (SSSR count). The van der Waals surface area contributed by atoms with Crippen LogP contribution in [0.4, 0.5) is 0 Å². The number of methoxy groups -OCH3 is 1. The summed E-state index contributed by atoms with van der Waals surface area (Å²) in [5, 5.41) is 0.970. The second-order valence-electron chi connectivity index (χ2n) is 4.82. The fourth-order valence-corrected chi connectivity index (χ4v) is 2.93. The van der Waals surface area contributed by atoms with E-state index >= 15 is 0 Å². The fraction of sp³-hybridized carbons (Fsp3) is 0.429. The van der Waals surface area contributed by atoms with Gasteiger partial charge in [0.05, 0.1) is 12.6 Å². The van der Waals surface area contributed by atoms with Crippen molar-refractivity contribution in [2.45, 2.75) is 31.6 Å². The van der Waals surface area contributed by atoms with Gasteiger partial charge in [0.25, 0.3) is 0 Å². The molecule has 1 saturated carbocycles. The monoisotopic (exact) mass is 244 g/mol. The molecule has 1 aliphatic carbocycles. The molecule has 0 amide bonds. The summed E-state index contributed by atoms with van der Waals surface area (Å²) in [5.41, 5.74) is 1.74. The second kappa shape index (κ2) is 4.44. The fourth-order valence-electron chi connectivity index (χ4n) is 2.93. The minimum absolute atomic E-state index is 0.296. The lowest BCUT2D eigenvalue weighted by Gasteiger charge is -2.16. The molecule has 1 aliphatic rings. The standard InChI is InChI=1S/C14H16N2O2/c1-18-11-7-6-10-8-15-14(17)16-13(10)12(11)9-4-2-3-5-9/h6-9H,2-5H2,1H3,(H,15,16,17). The summed E-state index contributed by atoms with van der Waals surface area (Å²) >= 11 is 0. The van der Waals surface area contributed by atoms with Gasteiger partial charge in [0.15, 0.2) is 0 Å². The van der Waals surface area contributed by atoms with E-state index < -0.39 is 0 Å². The predicted octanol–water partition coefficient (Wildman–Crippen LogP) is 2.59. The first-order valence-corrected chi connectivity index (χ1v) is 6.35. The first kappa shape index (κ1) is 11.3. The molecule has 2 aromatic rings. The summed E-state index contributed by atoms with van der Waals surface area (Å²) < 4.78 is 5.46. The lowest BCUT2D eigenvalue weighted by Crippen LogP contribution is -2.11. The lowest BCUT2D eigenvalue weighted by atomic mass is 9.94. The maximum absolute atomic E-state index is 11.4. The van der Waals surface area contributed by atoms with Crippen LogP contribution in [0.2, 0.25) is 0 Å². The van der Waals surface area contributed by atoms with E-state index in [1.807, 2.05) is 12.1 Å². The summed E-state index contributed by atoms with van der Waals surface area (Å²) in [6.07, 6.45) is 6.46. The molecule has 4 heteroatoms. The Morgan fingerprint density at radius 3 is 2.83 bits per heavy atom. The van der Waals surface area contributed by atoms with Crippen molar-refractivity contribution in [2.75, 3.05) is 7.11 Å². The molecule has 0 bridgehead atoms. The highest BCUT2D eigenvalue weighted by Gasteiger charge is 2.23. The van der Waals surface area contributed by atoms with Crippen LogP contribution in [0.15, 0.2) is 23.1 Å². The molecule has 0 unspecified atom stereocenters. The predicted molar refractivity (Wildman–Crippen MR) is 70.1 cm³/mol. The Balaban J connectivity index is 2.28. The number of rotatable bonds is 2. The highest BCUT2D eigenvalue weighted by Crippen LogP contribution is 2.41. The van der Waals surface area contributed by atoms with E-state index in [1.165, 1.54) is 25.7 Å². The van der Waals surface area contributed by atoms with Crippen LogP contribution in [-0.2, 0) is 0 Å². The van der Waals surface area contributed by atoms with Gasteiger partial charge in [-0.05, 0) is 30.9 Å². The summed E-state index contributed by atoms with van der Waals surface area (Å²) in [6, 6.07) is 3.91. The quantitative estimate of drug-likeness (QED) is 0.883. The molecule has 0 spiro atoms. The van der Waals surface area contributed by atoms with Gasteiger partial charge >= 0.3 is 5.69 Å². The van der Waals surface area contributed by atoms with Crippen molar-refractivity contribution in [2.24, 2.45) is 0 Å². The van der Waals surface area contributed by atoms with Crippen LogP contribution in [0.5, 0.6) is 5.75 Å². The van der Waals surface area contributed by atoms with E-state index in [0.717, 1.165) is 22.2 Å². The Labute approximate surface area is 105 Å². The molecular formula is C14H16N2O2. The molecule has 0 saturated heterocycles. The molecule has 1 aromatic carbocycles. The normalized spacial score (nSPS) is 16.3. The Morgan fingerprint density at radius 1 is 1.33 bits per heavy atom. The third-order valence-electron chi connectivity index (χ3n) is 3.77. The Morgan fingerprint density at radius 2 is 2.11 bits per heavy atom. The summed E-state index contributed by atoms with van der Waals surface area (Å²) in [5.74, 6) is 1.36. The average Bonchev–Trinajstić information content (AvgIpc) is 2.90. The number of aromatic amines is 1. The minimum atomic E-state index is -0.296. The number of nitrogens with one attached hydrogen (secondary N) is 1. The van der Waals surface area contributed by atoms with Gasteiger partial charge in [0.2, 0.25) is 0 Å². The molecule has 1 aromatic heterocycles. The number of hydrogen-bond donors (Lipinski definition) is 1. The van der Waals surface area contributed by atoms with Crippen molar-refractivity contribution in [1.82, 2.24) is 9.97 Å². The Hall–Kier alpha value is -1.84. The molecule has 0 atom stereocenters. The zero-order chi connectivity index (χ0) is 12.5. The van der Waals surface area contributed by atoms with Gasteiger partial charge in [-0.1, -0.05) is 12.8 Å². The second-order valence-corrected chi connectivity index (χ2v) is 4.82. The van der Waals surface area contributed by atoms with E-state index in [9.17, 15) is 4.79 Å². The zero-order valence-electron chi connectivity index (χ0n) is 10.4. The van der Waals surface area contributed by atoms with Gasteiger partial charge in [-0.2, -0.15) is 0 Å². The van der Waals surface area contributed by atoms with Crippen LogP contribution in [0.1, 0.15) is 37.2 Å². The van der Waals surface area contributed by atoms with Gasteiger partial charge in [-0.25, -0.2) is 9.78 Å². The summed E-state index contributed by atoms with van der Waals surface area (Å²) in [6.45, 7) is 0. The highest BCUT2D eigenvalue weighted by atomic mass is 16.5. The van der Waals surface area contributed by atoms with Crippen LogP contribution in [0, 0.1) is 0 Å². The van der Waals surface area contributed by atoms with Crippen molar-refractivity contribution in [3.8, 4) is 5.75 Å². The Bertz CT molecular complexity index is 627. The van der Waals surface area contributed by atoms with E-state index in [-0.39, 0.29) is 5.69 Å². The summed E-state index contributed by atoms with van der Waals surface area (Å²) in [4.78, 5) is 18.1. The van der Waals surface area contributed by atoms with E-state index in [1.54, 1.807) is 13.3 Å². The number of aromatic nitrogens is 2. The molecule has 1 fully saturated rings. The van der Waals surface area contributed by atoms with Crippen molar-refractivity contribution in [3.05, 3.63) is 34.4 Å². The molecule has 4 nitrogen and oxygen atoms in total. The van der Waals surface area contributed by atoms with Crippen molar-refractivity contribution >= 4 is 10.9 Å². The highest BCUT2D eigenvalue weighted by molar-refractivity contribution is 5.83. The Kier molecular flexibility index (Phi) is 2.78. The van der Waals surface area contributed by atoms with Crippen LogP contribution in [-0.4, -0.2) is 17.1 Å². The number of benzene rings is 1. The third-order valence-corrected chi connectivity index (χ3v) is 3.77. The molecule has 0 aliphatic heterocycles. The van der Waals surface area contributed by atoms with Crippen molar-refractivity contribution in [3.63, 3.8) is 0 Å². The minimum Gasteiger partial charge on any atom is -0.496 e. The maximum Gasteiger partial charge on any atom is 0.345 e. The molecule has 0 radical (unpaired) electrons. The average molecular weight is 244 g/mol. The van der Waals surface area contributed by atoms with E-state index in [0.29, 0.717) is 5.92 Å². The smallest absolute Gasteiger partial charge is 0.345 e. The summed E-state index contributed by atoms with van der Waals surface area (Å²) in [7, 11) is 1.68. The molecule has 1 N–H and O–H groups in total. The van der Waals surface area contributed by atoms with Crippen LogP contribution >= 0.6 is 0 Å². The molecule has 94 valence electrons. The largest absolute Gasteiger partial charge is 0.496 e. The SMILES string of the molecule is COc1ccc2cnc(=O)[nH]c2c1C1CCCC1. The van der Waals surface area contributed by atoms with Gasteiger partial charge in [0, 0.05) is 17.1 Å². The van der Waals surface area contributed by atoms with Crippen molar-refractivity contribution < 1.29 is 4.74 Å². The number of ether oxygens (including phenoxy) is 1. The molecular weight excluding hydrogens is 228 g/mol. The lowest BCUT2D eigenvalue weighted by molar-refractivity contribution is 0.406. The topological polar surface area (TPSA) is 55.0 Å². The molecule has 18 heavy (non-hydrogen) atoms. The van der Waals surface area contributed by atoms with Crippen LogP contribution < -0.4 is 10.4 Å². The number of H-pyrrole nitrogens is 1. The first-order valence-electron chi connectivity index (χ1n) is 6.35. The molecule has 1 heterocycles. The van der Waals surface area contributed by atoms with E-state index in [4.69, 9.17) is 4.74 Å². The van der Waals surface area contributed by atoms with Crippen molar-refractivity contribution in [1.29, 1.82) is 0 Å². The van der Waals surface area contributed by atoms with Crippen LogP contribution in [0.3, 0.4) is 0 Å². The van der Waals surface area contributed by atoms with Gasteiger partial charge in [-0.15, -0.1) is 0 Å². The first-order chi connectivity index (χ1) is 8.79. The van der Waals surface area contributed by atoms with Gasteiger partial charge < -0.3 is 9.72 Å². The number of hydrogen-bond acceptors (Lipinski definition) is 3.